The molecule has 0 aliphatic heterocycles. The number of methoxy groups -OCH3 is 1. The molecule has 2 heteroatoms. The maximum absolute atomic E-state index is 6.61. The van der Waals surface area contributed by atoms with E-state index in [0.29, 0.717) is 0 Å². The third-order valence-electron chi connectivity index (χ3n) is 4.43. The fourth-order valence-corrected chi connectivity index (χ4v) is 3.03. The van der Waals surface area contributed by atoms with Gasteiger partial charge in [-0.05, 0) is 37.8 Å². The van der Waals surface area contributed by atoms with Crippen LogP contribution in [0.15, 0.2) is 24.3 Å². The molecule has 1 fully saturated rings. The summed E-state index contributed by atoms with van der Waals surface area (Å²) >= 11 is 0. The first kappa shape index (κ1) is 14.5. The third-order valence-corrected chi connectivity index (χ3v) is 4.43. The van der Waals surface area contributed by atoms with Gasteiger partial charge < -0.3 is 10.5 Å². The van der Waals surface area contributed by atoms with Gasteiger partial charge in [0.2, 0.25) is 0 Å². The van der Waals surface area contributed by atoms with Gasteiger partial charge in [0, 0.05) is 19.1 Å². The average Bonchev–Trinajstić information content (AvgIpc) is 2.39. The van der Waals surface area contributed by atoms with Crippen molar-refractivity contribution in [2.24, 2.45) is 5.73 Å². The summed E-state index contributed by atoms with van der Waals surface area (Å²) in [7, 11) is 1.77. The van der Waals surface area contributed by atoms with Gasteiger partial charge in [0.1, 0.15) is 0 Å². The van der Waals surface area contributed by atoms with Crippen LogP contribution in [0.5, 0.6) is 0 Å². The van der Waals surface area contributed by atoms with Crippen molar-refractivity contribution in [3.8, 4) is 0 Å². The van der Waals surface area contributed by atoms with Crippen LogP contribution in [0.4, 0.5) is 0 Å². The van der Waals surface area contributed by atoms with Crippen molar-refractivity contribution in [3.05, 3.63) is 35.4 Å². The van der Waals surface area contributed by atoms with Crippen LogP contribution in [0.2, 0.25) is 0 Å². The summed E-state index contributed by atoms with van der Waals surface area (Å²) in [6, 6.07) is 8.79. The number of rotatable bonds is 4. The molecule has 2 nitrogen and oxygen atoms in total. The Morgan fingerprint density at radius 3 is 2.53 bits per heavy atom. The lowest BCUT2D eigenvalue weighted by Crippen LogP contribution is -2.38. The zero-order chi connectivity index (χ0) is 13.9. The minimum atomic E-state index is -0.118. The largest absolute Gasteiger partial charge is 0.378 e. The highest BCUT2D eigenvalue weighted by Gasteiger charge is 2.29. The van der Waals surface area contributed by atoms with Crippen LogP contribution >= 0.6 is 0 Å². The predicted octanol–water partition coefficient (Wildman–Crippen LogP) is 3.77. The second-order valence-corrected chi connectivity index (χ2v) is 6.56. The number of ether oxygens (including phenoxy) is 1. The SMILES string of the molecule is COC(C)(C)Cc1cccc(C2(N)CCCCC2)c1. The van der Waals surface area contributed by atoms with Gasteiger partial charge in [-0.15, -0.1) is 0 Å². The van der Waals surface area contributed by atoms with E-state index in [2.05, 4.69) is 38.1 Å². The van der Waals surface area contributed by atoms with Crippen molar-refractivity contribution >= 4 is 0 Å². The Kier molecular flexibility index (Phi) is 4.32. The standard InChI is InChI=1S/C17H27NO/c1-16(2,19-3)13-14-8-7-9-15(12-14)17(18)10-5-4-6-11-17/h7-9,12H,4-6,10-11,13,18H2,1-3H3. The van der Waals surface area contributed by atoms with Gasteiger partial charge in [0.15, 0.2) is 0 Å². The van der Waals surface area contributed by atoms with Gasteiger partial charge in [-0.1, -0.05) is 43.5 Å². The molecule has 0 heterocycles. The van der Waals surface area contributed by atoms with Crippen LogP contribution in [0.1, 0.15) is 57.1 Å². The molecule has 0 saturated heterocycles. The molecule has 1 aromatic rings. The molecule has 19 heavy (non-hydrogen) atoms. The summed E-state index contributed by atoms with van der Waals surface area (Å²) < 4.78 is 5.52. The molecule has 1 aromatic carbocycles. The summed E-state index contributed by atoms with van der Waals surface area (Å²) in [4.78, 5) is 0. The van der Waals surface area contributed by atoms with E-state index in [-0.39, 0.29) is 11.1 Å². The molecule has 1 saturated carbocycles. The molecule has 0 amide bonds. The van der Waals surface area contributed by atoms with E-state index < -0.39 is 0 Å². The third kappa shape index (κ3) is 3.58. The van der Waals surface area contributed by atoms with Gasteiger partial charge in [-0.2, -0.15) is 0 Å². The molecule has 1 aliphatic carbocycles. The Morgan fingerprint density at radius 2 is 1.89 bits per heavy atom. The van der Waals surface area contributed by atoms with Crippen molar-refractivity contribution < 1.29 is 4.74 Å². The summed E-state index contributed by atoms with van der Waals surface area (Å²) in [5.41, 5.74) is 9.01. The van der Waals surface area contributed by atoms with Crippen molar-refractivity contribution in [2.75, 3.05) is 7.11 Å². The van der Waals surface area contributed by atoms with Crippen molar-refractivity contribution in [3.63, 3.8) is 0 Å². The highest BCUT2D eigenvalue weighted by Crippen LogP contribution is 2.35. The summed E-state index contributed by atoms with van der Waals surface area (Å²) in [5.74, 6) is 0. The van der Waals surface area contributed by atoms with E-state index in [9.17, 15) is 0 Å². The van der Waals surface area contributed by atoms with Crippen LogP contribution in [-0.2, 0) is 16.7 Å². The lowest BCUT2D eigenvalue weighted by Gasteiger charge is -2.34. The molecule has 2 rings (SSSR count). The average molecular weight is 261 g/mol. The van der Waals surface area contributed by atoms with Crippen LogP contribution in [-0.4, -0.2) is 12.7 Å². The maximum atomic E-state index is 6.61. The fraction of sp³-hybridized carbons (Fsp3) is 0.647. The second-order valence-electron chi connectivity index (χ2n) is 6.56. The molecule has 2 N–H and O–H groups in total. The zero-order valence-electron chi connectivity index (χ0n) is 12.5. The van der Waals surface area contributed by atoms with Crippen LogP contribution < -0.4 is 5.73 Å². The van der Waals surface area contributed by atoms with E-state index in [4.69, 9.17) is 10.5 Å². The fourth-order valence-electron chi connectivity index (χ4n) is 3.03. The molecule has 1 aliphatic rings. The lowest BCUT2D eigenvalue weighted by molar-refractivity contribution is 0.0232. The molecule has 0 unspecified atom stereocenters. The molecule has 0 aromatic heterocycles. The van der Waals surface area contributed by atoms with Crippen molar-refractivity contribution in [1.29, 1.82) is 0 Å². The molecule has 0 atom stereocenters. The molecular weight excluding hydrogens is 234 g/mol. The first-order valence-electron chi connectivity index (χ1n) is 7.39. The Morgan fingerprint density at radius 1 is 1.21 bits per heavy atom. The topological polar surface area (TPSA) is 35.2 Å². The zero-order valence-corrected chi connectivity index (χ0v) is 12.5. The molecule has 0 spiro atoms. The van der Waals surface area contributed by atoms with Crippen molar-refractivity contribution in [1.82, 2.24) is 0 Å². The highest BCUT2D eigenvalue weighted by molar-refractivity contribution is 5.30. The highest BCUT2D eigenvalue weighted by atomic mass is 16.5. The van der Waals surface area contributed by atoms with Crippen LogP contribution in [0.25, 0.3) is 0 Å². The smallest absolute Gasteiger partial charge is 0.0662 e. The normalized spacial score (nSPS) is 19.4. The maximum Gasteiger partial charge on any atom is 0.0662 e. The number of hydrogen-bond acceptors (Lipinski definition) is 2. The van der Waals surface area contributed by atoms with Gasteiger partial charge in [0.05, 0.1) is 5.60 Å². The van der Waals surface area contributed by atoms with Crippen LogP contribution in [0.3, 0.4) is 0 Å². The minimum Gasteiger partial charge on any atom is -0.378 e. The lowest BCUT2D eigenvalue weighted by atomic mass is 9.77. The number of nitrogens with two attached hydrogens (primary N) is 1. The summed E-state index contributed by atoms with van der Waals surface area (Å²) in [6.07, 6.45) is 6.99. The predicted molar refractivity (Wildman–Crippen MR) is 80.2 cm³/mol. The monoisotopic (exact) mass is 261 g/mol. The van der Waals surface area contributed by atoms with Gasteiger partial charge in [0.25, 0.3) is 0 Å². The molecule has 0 radical (unpaired) electrons. The first-order chi connectivity index (χ1) is 8.95. The Hall–Kier alpha value is -0.860. The summed E-state index contributed by atoms with van der Waals surface area (Å²) in [6.45, 7) is 4.25. The van der Waals surface area contributed by atoms with Crippen LogP contribution in [0, 0.1) is 0 Å². The quantitative estimate of drug-likeness (QED) is 0.895. The van der Waals surface area contributed by atoms with Crippen molar-refractivity contribution in [2.45, 2.75) is 63.5 Å². The minimum absolute atomic E-state index is 0.106. The van der Waals surface area contributed by atoms with Gasteiger partial charge in [-0.25, -0.2) is 0 Å². The number of hydrogen-bond donors (Lipinski definition) is 1. The molecular formula is C17H27NO. The Balaban J connectivity index is 2.19. The Labute approximate surface area is 117 Å². The van der Waals surface area contributed by atoms with E-state index in [1.165, 1.54) is 30.4 Å². The molecule has 0 bridgehead atoms. The summed E-state index contributed by atoms with van der Waals surface area (Å²) in [5, 5.41) is 0. The Bertz CT molecular complexity index is 419. The van der Waals surface area contributed by atoms with E-state index in [1.807, 2.05) is 0 Å². The number of benzene rings is 1. The second kappa shape index (κ2) is 5.64. The first-order valence-corrected chi connectivity index (χ1v) is 7.39. The van der Waals surface area contributed by atoms with E-state index in [0.717, 1.165) is 19.3 Å². The van der Waals surface area contributed by atoms with E-state index in [1.54, 1.807) is 7.11 Å². The molecule has 106 valence electrons. The van der Waals surface area contributed by atoms with Gasteiger partial charge >= 0.3 is 0 Å². The van der Waals surface area contributed by atoms with E-state index >= 15 is 0 Å². The van der Waals surface area contributed by atoms with Gasteiger partial charge in [-0.3, -0.25) is 0 Å².